The second kappa shape index (κ2) is 9.40. The summed E-state index contributed by atoms with van der Waals surface area (Å²) in [6.07, 6.45) is 5.57. The minimum atomic E-state index is -0.564. The van der Waals surface area contributed by atoms with Gasteiger partial charge in [0.15, 0.2) is 5.16 Å². The molecule has 1 heterocycles. The molecule has 0 saturated heterocycles. The van der Waals surface area contributed by atoms with E-state index in [0.717, 1.165) is 25.7 Å². The van der Waals surface area contributed by atoms with Crippen molar-refractivity contribution in [2.45, 2.75) is 43.3 Å². The number of aromatic nitrogens is 2. The van der Waals surface area contributed by atoms with E-state index < -0.39 is 5.82 Å². The molecule has 8 heteroatoms. The molecule has 1 aromatic heterocycles. The van der Waals surface area contributed by atoms with Crippen LogP contribution in [-0.2, 0) is 4.79 Å². The van der Waals surface area contributed by atoms with Crippen LogP contribution in [0.1, 0.15) is 32.1 Å². The molecule has 0 spiro atoms. The van der Waals surface area contributed by atoms with E-state index in [0.29, 0.717) is 21.7 Å². The maximum atomic E-state index is 13.7. The van der Waals surface area contributed by atoms with E-state index in [1.165, 1.54) is 40.9 Å². The van der Waals surface area contributed by atoms with Crippen LogP contribution in [0.25, 0.3) is 16.6 Å². The quantitative estimate of drug-likeness (QED) is 0.395. The van der Waals surface area contributed by atoms with Crippen molar-refractivity contribution in [2.75, 3.05) is 12.8 Å². The molecule has 0 unspecified atom stereocenters. The number of fused-ring (bicyclic) bond motifs is 1. The molecular weight excluding hydrogens is 437 g/mol. The number of hydrogen-bond acceptors (Lipinski definition) is 4. The number of rotatable bonds is 5. The lowest BCUT2D eigenvalue weighted by molar-refractivity contribution is -0.129. The fraction of sp³-hybridized carbons (Fsp3) is 0.348. The van der Waals surface area contributed by atoms with Gasteiger partial charge in [-0.2, -0.15) is 0 Å². The molecule has 3 aromatic rings. The number of halogens is 2. The van der Waals surface area contributed by atoms with Gasteiger partial charge in [-0.05, 0) is 43.2 Å². The first-order chi connectivity index (χ1) is 15.0. The molecule has 0 bridgehead atoms. The summed E-state index contributed by atoms with van der Waals surface area (Å²) in [5, 5.41) is 0.733. The summed E-state index contributed by atoms with van der Waals surface area (Å²) < 4.78 is 15.1. The van der Waals surface area contributed by atoms with E-state index in [2.05, 4.69) is 4.98 Å². The Morgan fingerprint density at radius 3 is 2.71 bits per heavy atom. The molecule has 0 aliphatic heterocycles. The Labute approximate surface area is 189 Å². The van der Waals surface area contributed by atoms with E-state index in [4.69, 9.17) is 11.6 Å². The highest BCUT2D eigenvalue weighted by molar-refractivity contribution is 7.99. The van der Waals surface area contributed by atoms with Gasteiger partial charge in [0, 0.05) is 13.1 Å². The molecule has 0 atom stereocenters. The van der Waals surface area contributed by atoms with Gasteiger partial charge in [-0.25, -0.2) is 9.37 Å². The Hall–Kier alpha value is -2.38. The zero-order valence-electron chi connectivity index (χ0n) is 17.2. The molecule has 1 saturated carbocycles. The van der Waals surface area contributed by atoms with Crippen molar-refractivity contribution in [3.63, 3.8) is 0 Å². The average Bonchev–Trinajstić information content (AvgIpc) is 2.79. The first kappa shape index (κ1) is 21.8. The number of benzene rings is 2. The topological polar surface area (TPSA) is 55.2 Å². The largest absolute Gasteiger partial charge is 0.342 e. The minimum Gasteiger partial charge on any atom is -0.342 e. The number of hydrogen-bond donors (Lipinski definition) is 0. The molecule has 0 N–H and O–H groups in total. The predicted molar refractivity (Wildman–Crippen MR) is 123 cm³/mol. The maximum Gasteiger partial charge on any atom is 0.266 e. The molecule has 1 amide bonds. The van der Waals surface area contributed by atoms with Crippen LogP contribution in [0.15, 0.2) is 52.4 Å². The zero-order chi connectivity index (χ0) is 22.0. The van der Waals surface area contributed by atoms with Crippen LogP contribution >= 0.6 is 23.4 Å². The third-order valence-electron chi connectivity index (χ3n) is 5.75. The fourth-order valence-electron chi connectivity index (χ4n) is 3.96. The number of carbonyl (C=O) groups is 1. The van der Waals surface area contributed by atoms with Crippen molar-refractivity contribution in [3.8, 4) is 5.69 Å². The van der Waals surface area contributed by atoms with Crippen molar-refractivity contribution >= 4 is 40.2 Å². The Balaban J connectivity index is 1.68. The van der Waals surface area contributed by atoms with Crippen molar-refractivity contribution < 1.29 is 9.18 Å². The standard InChI is InChI=1S/C23H23ClFN3O2S/c1-27(15-7-3-2-4-8-15)21(29)14-31-23-26-20-10-6-5-9-17(20)22(30)28(23)16-11-12-19(25)18(24)13-16/h5-6,9-13,15H,2-4,7-8,14H2,1H3. The average molecular weight is 460 g/mol. The molecule has 0 radical (unpaired) electrons. The number of carbonyl (C=O) groups excluding carboxylic acids is 1. The van der Waals surface area contributed by atoms with Crippen molar-refractivity contribution in [1.29, 1.82) is 0 Å². The van der Waals surface area contributed by atoms with E-state index in [1.807, 2.05) is 18.0 Å². The summed E-state index contributed by atoms with van der Waals surface area (Å²) >= 11 is 7.17. The highest BCUT2D eigenvalue weighted by Crippen LogP contribution is 2.26. The van der Waals surface area contributed by atoms with E-state index in [9.17, 15) is 14.0 Å². The van der Waals surface area contributed by atoms with Gasteiger partial charge < -0.3 is 4.90 Å². The van der Waals surface area contributed by atoms with Gasteiger partial charge in [0.2, 0.25) is 5.91 Å². The Kier molecular flexibility index (Phi) is 6.62. The maximum absolute atomic E-state index is 13.7. The fourth-order valence-corrected chi connectivity index (χ4v) is 5.07. The first-order valence-electron chi connectivity index (χ1n) is 10.3. The summed E-state index contributed by atoms with van der Waals surface area (Å²) in [6, 6.07) is 11.4. The zero-order valence-corrected chi connectivity index (χ0v) is 18.8. The van der Waals surface area contributed by atoms with Gasteiger partial charge in [0.25, 0.3) is 5.56 Å². The molecule has 1 fully saturated rings. The predicted octanol–water partition coefficient (Wildman–Crippen LogP) is 5.06. The van der Waals surface area contributed by atoms with Gasteiger partial charge in [-0.1, -0.05) is 54.8 Å². The van der Waals surface area contributed by atoms with Crippen molar-refractivity contribution in [1.82, 2.24) is 14.5 Å². The van der Waals surface area contributed by atoms with Gasteiger partial charge in [-0.3, -0.25) is 14.2 Å². The van der Waals surface area contributed by atoms with Crippen LogP contribution in [0.5, 0.6) is 0 Å². The molecule has 1 aliphatic rings. The Morgan fingerprint density at radius 1 is 1.23 bits per heavy atom. The number of para-hydroxylation sites is 1. The normalized spacial score (nSPS) is 14.7. The second-order valence-electron chi connectivity index (χ2n) is 7.74. The van der Waals surface area contributed by atoms with Crippen LogP contribution < -0.4 is 5.56 Å². The van der Waals surface area contributed by atoms with E-state index in [1.54, 1.807) is 18.2 Å². The highest BCUT2D eigenvalue weighted by Gasteiger charge is 2.23. The van der Waals surface area contributed by atoms with Gasteiger partial charge in [0.05, 0.1) is 27.4 Å². The SMILES string of the molecule is CN(C(=O)CSc1nc2ccccc2c(=O)n1-c1ccc(F)c(Cl)c1)C1CCCCC1. The monoisotopic (exact) mass is 459 g/mol. The summed E-state index contributed by atoms with van der Waals surface area (Å²) in [6.45, 7) is 0. The van der Waals surface area contributed by atoms with Crippen LogP contribution in [0.3, 0.4) is 0 Å². The Morgan fingerprint density at radius 2 is 1.97 bits per heavy atom. The van der Waals surface area contributed by atoms with E-state index >= 15 is 0 Å². The minimum absolute atomic E-state index is 0.00277. The van der Waals surface area contributed by atoms with Crippen molar-refractivity contribution in [2.24, 2.45) is 0 Å². The first-order valence-corrected chi connectivity index (χ1v) is 11.7. The summed E-state index contributed by atoms with van der Waals surface area (Å²) in [5.41, 5.74) is 0.668. The Bertz CT molecular complexity index is 1180. The molecule has 2 aromatic carbocycles. The molecule has 4 rings (SSSR count). The third kappa shape index (κ3) is 4.62. The van der Waals surface area contributed by atoms with E-state index in [-0.39, 0.29) is 28.3 Å². The van der Waals surface area contributed by atoms with Gasteiger partial charge >= 0.3 is 0 Å². The molecular formula is C23H23ClFN3O2S. The lowest BCUT2D eigenvalue weighted by Crippen LogP contribution is -2.39. The highest BCUT2D eigenvalue weighted by atomic mass is 35.5. The number of nitrogens with zero attached hydrogens (tertiary/aromatic N) is 3. The van der Waals surface area contributed by atoms with Gasteiger partial charge in [-0.15, -0.1) is 0 Å². The lowest BCUT2D eigenvalue weighted by Gasteiger charge is -2.31. The third-order valence-corrected chi connectivity index (χ3v) is 6.96. The van der Waals surface area contributed by atoms with Crippen LogP contribution in [0.4, 0.5) is 4.39 Å². The number of amides is 1. The van der Waals surface area contributed by atoms with Crippen molar-refractivity contribution in [3.05, 3.63) is 63.7 Å². The summed E-state index contributed by atoms with van der Waals surface area (Å²) in [5.74, 6) is -0.402. The van der Waals surface area contributed by atoms with Crippen LogP contribution in [0.2, 0.25) is 5.02 Å². The number of thioether (sulfide) groups is 1. The van der Waals surface area contributed by atoms with Crippen LogP contribution in [0, 0.1) is 5.82 Å². The lowest BCUT2D eigenvalue weighted by atomic mass is 9.94. The molecule has 31 heavy (non-hydrogen) atoms. The second-order valence-corrected chi connectivity index (χ2v) is 9.09. The summed E-state index contributed by atoms with van der Waals surface area (Å²) in [4.78, 5) is 32.5. The van der Waals surface area contributed by atoms with Gasteiger partial charge in [0.1, 0.15) is 5.82 Å². The molecule has 1 aliphatic carbocycles. The van der Waals surface area contributed by atoms with Crippen LogP contribution in [-0.4, -0.2) is 39.2 Å². The summed E-state index contributed by atoms with van der Waals surface area (Å²) in [7, 11) is 1.85. The molecule has 162 valence electrons. The molecule has 5 nitrogen and oxygen atoms in total. The smallest absolute Gasteiger partial charge is 0.266 e.